The summed E-state index contributed by atoms with van der Waals surface area (Å²) in [6, 6.07) is 15.6. The molecule has 0 N–H and O–H groups in total. The summed E-state index contributed by atoms with van der Waals surface area (Å²) in [5, 5.41) is 0. The van der Waals surface area contributed by atoms with Crippen LogP contribution in [0.15, 0.2) is 57.7 Å². The standard InChI is InChI=1S/C22H19NO3/c1-13-14(2)21(24)15(3)22-20(13)23-18-10-9-17(11-19(18)26-22)25-12-16-7-5-4-6-8-16/h4-11H,12H2,1-3H3. The second-order valence-electron chi connectivity index (χ2n) is 6.50. The zero-order valence-electron chi connectivity index (χ0n) is 15.0. The highest BCUT2D eigenvalue weighted by Crippen LogP contribution is 2.31. The van der Waals surface area contributed by atoms with Crippen LogP contribution < -0.4 is 10.2 Å². The van der Waals surface area contributed by atoms with Gasteiger partial charge in [-0.05, 0) is 44.0 Å². The average Bonchev–Trinajstić information content (AvgIpc) is 2.68. The SMILES string of the molecule is Cc1c2nc3ccc(OCc4ccccc4)cc3oc-2c(C)c(=O)c1C. The summed E-state index contributed by atoms with van der Waals surface area (Å²) in [7, 11) is 0. The summed E-state index contributed by atoms with van der Waals surface area (Å²) < 4.78 is 11.9. The fourth-order valence-corrected chi connectivity index (χ4v) is 3.07. The smallest absolute Gasteiger partial charge is 0.188 e. The normalized spacial score (nSPS) is 11.2. The summed E-state index contributed by atoms with van der Waals surface area (Å²) in [5.41, 5.74) is 5.37. The summed E-state index contributed by atoms with van der Waals surface area (Å²) in [6.45, 7) is 6.00. The quantitative estimate of drug-likeness (QED) is 0.501. The van der Waals surface area contributed by atoms with Gasteiger partial charge in [0.25, 0.3) is 0 Å². The van der Waals surface area contributed by atoms with Crippen LogP contribution >= 0.6 is 0 Å². The zero-order valence-corrected chi connectivity index (χ0v) is 15.0. The first-order valence-electron chi connectivity index (χ1n) is 8.55. The highest BCUT2D eigenvalue weighted by atomic mass is 16.5. The highest BCUT2D eigenvalue weighted by Gasteiger charge is 2.20. The van der Waals surface area contributed by atoms with Crippen LogP contribution in [0.3, 0.4) is 0 Å². The monoisotopic (exact) mass is 345 g/mol. The van der Waals surface area contributed by atoms with E-state index in [9.17, 15) is 4.79 Å². The molecule has 130 valence electrons. The van der Waals surface area contributed by atoms with Gasteiger partial charge in [-0.25, -0.2) is 4.98 Å². The van der Waals surface area contributed by atoms with Crippen molar-refractivity contribution < 1.29 is 9.15 Å². The fraction of sp³-hybridized carbons (Fsp3) is 0.182. The van der Waals surface area contributed by atoms with E-state index in [1.807, 2.05) is 62.4 Å². The molecule has 4 heteroatoms. The second kappa shape index (κ2) is 6.30. The molecule has 0 amide bonds. The first-order valence-corrected chi connectivity index (χ1v) is 8.55. The maximum Gasteiger partial charge on any atom is 0.188 e. The summed E-state index contributed by atoms with van der Waals surface area (Å²) in [4.78, 5) is 17.1. The van der Waals surface area contributed by atoms with Gasteiger partial charge in [-0.2, -0.15) is 0 Å². The molecule has 0 unspecified atom stereocenters. The maximum absolute atomic E-state index is 12.4. The lowest BCUT2D eigenvalue weighted by atomic mass is 9.99. The van der Waals surface area contributed by atoms with Crippen molar-refractivity contribution in [3.63, 3.8) is 0 Å². The van der Waals surface area contributed by atoms with Crippen molar-refractivity contribution >= 4 is 11.1 Å². The van der Waals surface area contributed by atoms with Gasteiger partial charge >= 0.3 is 0 Å². The third-order valence-electron chi connectivity index (χ3n) is 4.78. The molecule has 2 aliphatic rings. The van der Waals surface area contributed by atoms with E-state index in [-0.39, 0.29) is 5.43 Å². The number of aromatic nitrogens is 1. The zero-order chi connectivity index (χ0) is 18.3. The van der Waals surface area contributed by atoms with Crippen LogP contribution in [0, 0.1) is 20.8 Å². The number of fused-ring (bicyclic) bond motifs is 2. The lowest BCUT2D eigenvalue weighted by Gasteiger charge is -2.14. The van der Waals surface area contributed by atoms with Gasteiger partial charge in [0, 0.05) is 17.2 Å². The Balaban J connectivity index is 1.77. The van der Waals surface area contributed by atoms with Crippen LogP contribution in [-0.4, -0.2) is 4.98 Å². The summed E-state index contributed by atoms with van der Waals surface area (Å²) >= 11 is 0. The Hall–Kier alpha value is -3.14. The number of hydrogen-bond donors (Lipinski definition) is 0. The van der Waals surface area contributed by atoms with Crippen molar-refractivity contribution in [3.8, 4) is 17.2 Å². The predicted molar refractivity (Wildman–Crippen MR) is 102 cm³/mol. The van der Waals surface area contributed by atoms with Crippen molar-refractivity contribution in [1.29, 1.82) is 0 Å². The molecule has 4 nitrogen and oxygen atoms in total. The van der Waals surface area contributed by atoms with Crippen LogP contribution in [-0.2, 0) is 6.61 Å². The Kier molecular flexibility index (Phi) is 3.96. The van der Waals surface area contributed by atoms with Gasteiger partial charge in [-0.15, -0.1) is 0 Å². The Labute approximate surface area is 151 Å². The van der Waals surface area contributed by atoms with Crippen molar-refractivity contribution in [3.05, 3.63) is 81.0 Å². The molecule has 0 fully saturated rings. The van der Waals surface area contributed by atoms with E-state index < -0.39 is 0 Å². The Morgan fingerprint density at radius 1 is 0.962 bits per heavy atom. The van der Waals surface area contributed by atoms with E-state index in [4.69, 9.17) is 14.1 Å². The molecule has 0 radical (unpaired) electrons. The topological polar surface area (TPSA) is 52.3 Å². The second-order valence-corrected chi connectivity index (χ2v) is 6.50. The average molecular weight is 345 g/mol. The summed E-state index contributed by atoms with van der Waals surface area (Å²) in [5.74, 6) is 1.25. The minimum atomic E-state index is 0.0105. The molecular weight excluding hydrogens is 326 g/mol. The molecule has 0 bridgehead atoms. The summed E-state index contributed by atoms with van der Waals surface area (Å²) in [6.07, 6.45) is 0. The van der Waals surface area contributed by atoms with E-state index >= 15 is 0 Å². The van der Waals surface area contributed by atoms with Gasteiger partial charge in [0.15, 0.2) is 16.8 Å². The molecule has 1 aliphatic heterocycles. The molecule has 0 saturated carbocycles. The van der Waals surface area contributed by atoms with E-state index in [2.05, 4.69) is 0 Å². The van der Waals surface area contributed by atoms with Gasteiger partial charge < -0.3 is 9.15 Å². The van der Waals surface area contributed by atoms with Crippen LogP contribution in [0.1, 0.15) is 22.3 Å². The number of nitrogens with zero attached hydrogens (tertiary/aromatic N) is 1. The number of ether oxygens (including phenoxy) is 1. The van der Waals surface area contributed by atoms with Crippen molar-refractivity contribution in [2.24, 2.45) is 0 Å². The Morgan fingerprint density at radius 3 is 2.50 bits per heavy atom. The number of hydrogen-bond acceptors (Lipinski definition) is 4. The van der Waals surface area contributed by atoms with Crippen molar-refractivity contribution in [2.45, 2.75) is 27.4 Å². The molecule has 0 spiro atoms. The lowest BCUT2D eigenvalue weighted by Crippen LogP contribution is -2.14. The van der Waals surface area contributed by atoms with Gasteiger partial charge in [0.1, 0.15) is 23.6 Å². The first kappa shape index (κ1) is 16.3. The van der Waals surface area contributed by atoms with Gasteiger partial charge in [0.2, 0.25) is 0 Å². The molecule has 4 rings (SSSR count). The fourth-order valence-electron chi connectivity index (χ4n) is 3.07. The molecule has 1 heterocycles. The van der Waals surface area contributed by atoms with Crippen LogP contribution in [0.2, 0.25) is 0 Å². The van der Waals surface area contributed by atoms with E-state index in [1.165, 1.54) is 0 Å². The van der Waals surface area contributed by atoms with E-state index in [0.29, 0.717) is 29.3 Å². The maximum atomic E-state index is 12.4. The molecule has 0 atom stereocenters. The van der Waals surface area contributed by atoms with Crippen LogP contribution in [0.25, 0.3) is 22.6 Å². The van der Waals surface area contributed by atoms with Crippen molar-refractivity contribution in [1.82, 2.24) is 4.98 Å². The molecular formula is C22H19NO3. The minimum absolute atomic E-state index is 0.0105. The third-order valence-corrected chi connectivity index (χ3v) is 4.78. The van der Waals surface area contributed by atoms with Crippen LogP contribution in [0.5, 0.6) is 5.75 Å². The first-order chi connectivity index (χ1) is 12.5. The molecule has 26 heavy (non-hydrogen) atoms. The molecule has 2 aromatic carbocycles. The Bertz CT molecular complexity index is 1130. The Morgan fingerprint density at radius 2 is 1.73 bits per heavy atom. The molecule has 1 aliphatic carbocycles. The molecule has 2 aromatic rings. The predicted octanol–water partition coefficient (Wildman–Crippen LogP) is 4.80. The molecule has 0 aromatic heterocycles. The van der Waals surface area contributed by atoms with E-state index in [0.717, 1.165) is 27.9 Å². The van der Waals surface area contributed by atoms with Gasteiger partial charge in [0.05, 0.1) is 0 Å². The van der Waals surface area contributed by atoms with Crippen molar-refractivity contribution in [2.75, 3.05) is 0 Å². The van der Waals surface area contributed by atoms with E-state index in [1.54, 1.807) is 6.92 Å². The lowest BCUT2D eigenvalue weighted by molar-refractivity contribution is 0.306. The minimum Gasteiger partial charge on any atom is -0.489 e. The molecule has 0 saturated heterocycles. The van der Waals surface area contributed by atoms with Gasteiger partial charge in [-0.3, -0.25) is 4.79 Å². The van der Waals surface area contributed by atoms with Crippen LogP contribution in [0.4, 0.5) is 0 Å². The number of benzene rings is 3. The number of rotatable bonds is 3. The third kappa shape index (κ3) is 2.73. The van der Waals surface area contributed by atoms with Gasteiger partial charge in [-0.1, -0.05) is 30.3 Å². The largest absolute Gasteiger partial charge is 0.489 e. The highest BCUT2D eigenvalue weighted by molar-refractivity contribution is 5.79.